The first-order valence-corrected chi connectivity index (χ1v) is 15.1. The third-order valence-corrected chi connectivity index (χ3v) is 8.23. The van der Waals surface area contributed by atoms with Gasteiger partial charge in [0.1, 0.15) is 17.6 Å². The minimum Gasteiger partial charge on any atom is -0.493 e. The highest BCUT2D eigenvalue weighted by molar-refractivity contribution is 6.30. The first-order valence-electron chi connectivity index (χ1n) is 14.4. The maximum absolute atomic E-state index is 13.3. The number of rotatable bonds is 7. The second-order valence-electron chi connectivity index (χ2n) is 10.4. The summed E-state index contributed by atoms with van der Waals surface area (Å²) in [6.07, 6.45) is -3.26. The fraction of sp³-hybridized carbons (Fsp3) is 0.375. The molecule has 0 aliphatic carbocycles. The van der Waals surface area contributed by atoms with Gasteiger partial charge < -0.3 is 15.6 Å². The molecule has 236 valence electrons. The van der Waals surface area contributed by atoms with E-state index in [0.717, 1.165) is 23.6 Å². The summed E-state index contributed by atoms with van der Waals surface area (Å²) < 4.78 is 45.5. The van der Waals surface area contributed by atoms with E-state index in [1.54, 1.807) is 55.5 Å². The van der Waals surface area contributed by atoms with E-state index in [-0.39, 0.29) is 23.8 Å². The van der Waals surface area contributed by atoms with Crippen LogP contribution in [0, 0.1) is 0 Å². The van der Waals surface area contributed by atoms with Crippen LogP contribution in [0.5, 0.6) is 5.75 Å². The number of likely N-dealkylation sites (N-methyl/N-ethyl adjacent to an activating group) is 1. The van der Waals surface area contributed by atoms with Crippen molar-refractivity contribution in [2.45, 2.75) is 51.0 Å². The number of nitrogens with zero attached hydrogens (tertiary/aromatic N) is 3. The van der Waals surface area contributed by atoms with Gasteiger partial charge in [-0.2, -0.15) is 13.2 Å². The number of alkyl halides is 3. The number of hydrogen-bond acceptors (Lipinski definition) is 5. The zero-order chi connectivity index (χ0) is 32.0. The molecule has 0 saturated carbocycles. The van der Waals surface area contributed by atoms with E-state index in [0.29, 0.717) is 27.2 Å². The molecule has 2 aliphatic heterocycles. The number of hydrogen-bond donors (Lipinski definition) is 2. The van der Waals surface area contributed by atoms with Crippen molar-refractivity contribution in [1.29, 1.82) is 0 Å². The molecule has 3 unspecified atom stereocenters. The van der Waals surface area contributed by atoms with Crippen LogP contribution in [-0.4, -0.2) is 59.1 Å². The van der Waals surface area contributed by atoms with Gasteiger partial charge in [0.2, 0.25) is 0 Å². The van der Waals surface area contributed by atoms with E-state index >= 15 is 0 Å². The van der Waals surface area contributed by atoms with Gasteiger partial charge in [0.05, 0.1) is 23.8 Å². The lowest BCUT2D eigenvalue weighted by molar-refractivity contribution is -0.137. The third kappa shape index (κ3) is 7.66. The van der Waals surface area contributed by atoms with Crippen molar-refractivity contribution in [3.63, 3.8) is 0 Å². The lowest BCUT2D eigenvalue weighted by atomic mass is 9.94. The van der Waals surface area contributed by atoms with Crippen LogP contribution in [0.25, 0.3) is 0 Å². The Balaban J connectivity index is 0.000000421. The predicted octanol–water partition coefficient (Wildman–Crippen LogP) is 8.06. The molecular weight excluding hydrogens is 616 g/mol. The number of carboxylic acid groups (broad SMARTS) is 1. The minimum absolute atomic E-state index is 0.0189. The molecule has 3 aromatic carbocycles. The Labute approximate surface area is 265 Å². The number of ether oxygens (including phenoxy) is 1. The Morgan fingerprint density at radius 3 is 2.14 bits per heavy atom. The molecular formula is C32H35Cl2F3N4O3. The summed E-state index contributed by atoms with van der Waals surface area (Å²) >= 11 is 12.1. The van der Waals surface area contributed by atoms with Crippen molar-refractivity contribution >= 4 is 35.1 Å². The lowest BCUT2D eigenvalue weighted by Crippen LogP contribution is -2.37. The first kappa shape index (κ1) is 33.6. The van der Waals surface area contributed by atoms with Crippen LogP contribution >= 0.6 is 23.2 Å². The molecule has 0 aromatic heterocycles. The number of benzene rings is 3. The minimum atomic E-state index is -4.59. The summed E-state index contributed by atoms with van der Waals surface area (Å²) in [6.45, 7) is 7.18. The van der Waals surface area contributed by atoms with E-state index < -0.39 is 29.9 Å². The number of carbonyl (C=O) groups is 1. The summed E-state index contributed by atoms with van der Waals surface area (Å²) in [7, 11) is 0. The molecule has 12 heteroatoms. The van der Waals surface area contributed by atoms with Gasteiger partial charge in [-0.05, 0) is 86.4 Å². The van der Waals surface area contributed by atoms with E-state index in [1.807, 2.05) is 0 Å². The van der Waals surface area contributed by atoms with Crippen molar-refractivity contribution in [2.75, 3.05) is 26.2 Å². The van der Waals surface area contributed by atoms with Gasteiger partial charge in [0.25, 0.3) is 0 Å². The quantitative estimate of drug-likeness (QED) is 0.270. The molecule has 5 rings (SSSR count). The van der Waals surface area contributed by atoms with Crippen LogP contribution in [0.4, 0.5) is 18.0 Å². The number of amides is 1. The second kappa shape index (κ2) is 14.6. The molecule has 3 atom stereocenters. The van der Waals surface area contributed by atoms with Crippen molar-refractivity contribution in [3.05, 3.63) is 99.0 Å². The average molecular weight is 652 g/mol. The number of nitrogens with two attached hydrogens (primary N) is 1. The van der Waals surface area contributed by atoms with Gasteiger partial charge in [-0.3, -0.25) is 14.8 Å². The number of likely N-dealkylation sites (tertiary alicyclic amines) is 1. The Morgan fingerprint density at radius 2 is 1.64 bits per heavy atom. The van der Waals surface area contributed by atoms with Crippen molar-refractivity contribution in [3.8, 4) is 5.75 Å². The van der Waals surface area contributed by atoms with Crippen LogP contribution in [-0.2, 0) is 6.18 Å². The Morgan fingerprint density at radius 1 is 1.02 bits per heavy atom. The van der Waals surface area contributed by atoms with Gasteiger partial charge in [-0.25, -0.2) is 4.79 Å². The molecule has 1 amide bonds. The average Bonchev–Trinajstić information content (AvgIpc) is 3.63. The van der Waals surface area contributed by atoms with E-state index in [1.165, 1.54) is 32.0 Å². The summed E-state index contributed by atoms with van der Waals surface area (Å²) in [5.41, 5.74) is 6.08. The van der Waals surface area contributed by atoms with E-state index in [4.69, 9.17) is 38.7 Å². The van der Waals surface area contributed by atoms with Gasteiger partial charge in [0, 0.05) is 22.6 Å². The molecule has 2 aliphatic rings. The van der Waals surface area contributed by atoms with Crippen LogP contribution in [0.1, 0.15) is 61.0 Å². The molecule has 1 fully saturated rings. The van der Waals surface area contributed by atoms with Crippen LogP contribution in [0.3, 0.4) is 0 Å². The molecule has 0 bridgehead atoms. The van der Waals surface area contributed by atoms with E-state index in [2.05, 4.69) is 11.8 Å². The molecule has 0 spiro atoms. The Bertz CT molecular complexity index is 1440. The fourth-order valence-electron chi connectivity index (χ4n) is 5.59. The highest BCUT2D eigenvalue weighted by Crippen LogP contribution is 2.45. The third-order valence-electron chi connectivity index (χ3n) is 7.72. The van der Waals surface area contributed by atoms with Crippen LogP contribution < -0.4 is 10.5 Å². The molecule has 3 N–H and O–H groups in total. The predicted molar refractivity (Wildman–Crippen MR) is 167 cm³/mol. The number of halogens is 5. The summed E-state index contributed by atoms with van der Waals surface area (Å²) in [4.78, 5) is 20.7. The van der Waals surface area contributed by atoms with Crippen molar-refractivity contribution in [1.82, 2.24) is 9.80 Å². The molecule has 1 saturated heterocycles. The fourth-order valence-corrected chi connectivity index (χ4v) is 5.84. The SMILES string of the molecule is CCN1CCCC1CN.CCOc1cc(C(F)(F)F)ccc1C1=NC(c2ccc(Cl)cc2)C(c2ccc(Cl)cc2)N1C(=O)O. The smallest absolute Gasteiger partial charge is 0.416 e. The topological polar surface area (TPSA) is 91.4 Å². The molecule has 7 nitrogen and oxygen atoms in total. The molecule has 0 radical (unpaired) electrons. The molecule has 3 aromatic rings. The highest BCUT2D eigenvalue weighted by Gasteiger charge is 2.43. The normalized spacial score (nSPS) is 20.2. The van der Waals surface area contributed by atoms with Crippen molar-refractivity contribution < 1.29 is 27.8 Å². The maximum Gasteiger partial charge on any atom is 0.416 e. The second-order valence-corrected chi connectivity index (χ2v) is 11.3. The highest BCUT2D eigenvalue weighted by atomic mass is 35.5. The van der Waals surface area contributed by atoms with Crippen LogP contribution in [0.2, 0.25) is 10.0 Å². The zero-order valence-electron chi connectivity index (χ0n) is 24.4. The van der Waals surface area contributed by atoms with Crippen molar-refractivity contribution in [2.24, 2.45) is 10.7 Å². The largest absolute Gasteiger partial charge is 0.493 e. The Hall–Kier alpha value is -3.31. The molecule has 44 heavy (non-hydrogen) atoms. The summed E-state index contributed by atoms with van der Waals surface area (Å²) in [6, 6.07) is 15.6. The monoisotopic (exact) mass is 650 g/mol. The summed E-state index contributed by atoms with van der Waals surface area (Å²) in [5, 5.41) is 11.2. The Kier molecular flexibility index (Phi) is 11.2. The van der Waals surface area contributed by atoms with Crippen LogP contribution in [0.15, 0.2) is 71.7 Å². The summed E-state index contributed by atoms with van der Waals surface area (Å²) in [5.74, 6) is -0.131. The van der Waals surface area contributed by atoms with Gasteiger partial charge in [-0.1, -0.05) is 54.4 Å². The standard InChI is InChI=1S/C25H19Cl2F3N2O3.C7H16N2/c1-2-35-20-13-16(25(28,29)30)7-12-19(20)23-31-21(14-3-8-17(26)9-4-14)22(32(23)24(33)34)15-5-10-18(27)11-6-15;1-2-9-5-3-4-7(9)6-8/h3-13,21-22H,2H2,1H3,(H,33,34);7H,2-6,8H2,1H3. The van der Waals surface area contributed by atoms with E-state index in [9.17, 15) is 23.1 Å². The van der Waals surface area contributed by atoms with Gasteiger partial charge in [-0.15, -0.1) is 0 Å². The first-order chi connectivity index (χ1) is 21.0. The maximum atomic E-state index is 13.3. The zero-order valence-corrected chi connectivity index (χ0v) is 25.9. The van der Waals surface area contributed by atoms with Gasteiger partial charge >= 0.3 is 12.3 Å². The molecule has 2 heterocycles. The number of amidine groups is 1. The van der Waals surface area contributed by atoms with Gasteiger partial charge in [0.15, 0.2) is 0 Å². The number of aliphatic imine (C=N–C) groups is 1. The lowest BCUT2D eigenvalue weighted by Gasteiger charge is -2.27.